The van der Waals surface area contributed by atoms with Crippen molar-refractivity contribution in [2.75, 3.05) is 19.6 Å². The topological polar surface area (TPSA) is 100 Å². The number of carbonyl (C=O) groups is 1. The average Bonchev–Trinajstić information content (AvgIpc) is 3.36. The second-order valence-electron chi connectivity index (χ2n) is 9.67. The number of likely N-dealkylation sites (tertiary alicyclic amines) is 1. The number of quaternary nitrogens is 1. The highest BCUT2D eigenvalue weighted by Gasteiger charge is 2.27. The van der Waals surface area contributed by atoms with Crippen molar-refractivity contribution >= 4 is 5.91 Å². The number of aromatic hydroxyl groups is 2. The quantitative estimate of drug-likeness (QED) is 0.289. The summed E-state index contributed by atoms with van der Waals surface area (Å²) in [6.07, 6.45) is 3.81. The molecule has 0 unspecified atom stereocenters. The molecule has 1 aliphatic rings. The van der Waals surface area contributed by atoms with E-state index in [-0.39, 0.29) is 28.5 Å². The number of carbonyl (C=O) groups excluding carboxylic acids is 1. The van der Waals surface area contributed by atoms with Crippen molar-refractivity contribution < 1.29 is 28.8 Å². The first-order valence-corrected chi connectivity index (χ1v) is 13.0. The molecule has 1 saturated heterocycles. The smallest absolute Gasteiger partial charge is 0.274 e. The molecule has 0 aliphatic carbocycles. The molecule has 0 spiro atoms. The molecule has 38 heavy (non-hydrogen) atoms. The van der Waals surface area contributed by atoms with Crippen LogP contribution in [0.25, 0.3) is 33.6 Å². The number of hydrogen-bond donors (Lipinski definition) is 4. The molecule has 8 heteroatoms. The van der Waals surface area contributed by atoms with Gasteiger partial charge in [-0.2, -0.15) is 0 Å². The zero-order valence-electron chi connectivity index (χ0n) is 21.3. The van der Waals surface area contributed by atoms with Crippen LogP contribution in [0.4, 0.5) is 4.39 Å². The van der Waals surface area contributed by atoms with Crippen LogP contribution in [0, 0.1) is 5.82 Å². The number of benzene rings is 3. The fourth-order valence-electron chi connectivity index (χ4n) is 5.07. The lowest BCUT2D eigenvalue weighted by molar-refractivity contribution is -0.918. The minimum atomic E-state index is -0.401. The van der Waals surface area contributed by atoms with Gasteiger partial charge < -0.3 is 25.0 Å². The summed E-state index contributed by atoms with van der Waals surface area (Å²) in [5, 5.41) is 28.2. The highest BCUT2D eigenvalue weighted by atomic mass is 19.1. The minimum absolute atomic E-state index is 0.104. The van der Waals surface area contributed by atoms with E-state index >= 15 is 0 Å². The number of hydrogen-bond acceptors (Lipinski definition) is 5. The van der Waals surface area contributed by atoms with Crippen molar-refractivity contribution in [1.82, 2.24) is 10.5 Å². The molecule has 0 atom stereocenters. The Labute approximate surface area is 220 Å². The Morgan fingerprint density at radius 2 is 1.61 bits per heavy atom. The van der Waals surface area contributed by atoms with Crippen LogP contribution in [0.15, 0.2) is 65.2 Å². The van der Waals surface area contributed by atoms with E-state index in [1.807, 2.05) is 19.1 Å². The highest BCUT2D eigenvalue weighted by Crippen LogP contribution is 2.44. The number of halogens is 1. The summed E-state index contributed by atoms with van der Waals surface area (Å²) in [4.78, 5) is 14.5. The number of phenolic OH excluding ortho intramolecular Hbond substituents is 2. The summed E-state index contributed by atoms with van der Waals surface area (Å²) in [7, 11) is 0. The van der Waals surface area contributed by atoms with Crippen LogP contribution < -0.4 is 10.2 Å². The standard InChI is InChI=1S/C30H30FN3O4/c1-2-32-30(37)28-27(21-8-6-19(7-9-21)18-34-14-4-3-5-15-34)29(38-33-28)24-16-23(25(35)17-26(24)36)20-10-12-22(31)13-11-20/h6-13,16-17,35-36H,2-5,14-15,18H2,1H3,(H,32,37)/p+1. The number of phenols is 2. The summed E-state index contributed by atoms with van der Waals surface area (Å²) in [5.74, 6) is -1.01. The van der Waals surface area contributed by atoms with Crippen LogP contribution >= 0.6 is 0 Å². The Hall–Kier alpha value is -4.17. The van der Waals surface area contributed by atoms with Gasteiger partial charge in [-0.1, -0.05) is 41.6 Å². The Balaban J connectivity index is 1.57. The number of nitrogens with zero attached hydrogens (tertiary/aromatic N) is 1. The number of amides is 1. The number of rotatable bonds is 7. The SMILES string of the molecule is CCNC(=O)c1noc(-c2cc(-c3ccc(F)cc3)c(O)cc2O)c1-c1ccc(C[NH+]2CCCCC2)cc1. The van der Waals surface area contributed by atoms with Crippen molar-refractivity contribution in [1.29, 1.82) is 0 Å². The Kier molecular flexibility index (Phi) is 7.42. The van der Waals surface area contributed by atoms with Gasteiger partial charge in [0, 0.05) is 23.7 Å². The number of nitrogens with one attached hydrogen (secondary N) is 2. The Morgan fingerprint density at radius 3 is 2.29 bits per heavy atom. The molecule has 0 radical (unpaired) electrons. The lowest BCUT2D eigenvalue weighted by Crippen LogP contribution is -3.11. The van der Waals surface area contributed by atoms with E-state index < -0.39 is 11.7 Å². The molecule has 7 nitrogen and oxygen atoms in total. The van der Waals surface area contributed by atoms with Crippen molar-refractivity contribution in [2.45, 2.75) is 32.7 Å². The minimum Gasteiger partial charge on any atom is -0.507 e. The summed E-state index contributed by atoms with van der Waals surface area (Å²) < 4.78 is 19.2. The first-order chi connectivity index (χ1) is 18.4. The van der Waals surface area contributed by atoms with Gasteiger partial charge in [-0.3, -0.25) is 4.79 Å². The fraction of sp³-hybridized carbons (Fsp3) is 0.267. The molecule has 4 aromatic rings. The number of aromatic nitrogens is 1. The summed E-state index contributed by atoms with van der Waals surface area (Å²) in [6.45, 7) is 5.53. The Bertz CT molecular complexity index is 1430. The third-order valence-corrected chi connectivity index (χ3v) is 7.02. The molecule has 2 heterocycles. The lowest BCUT2D eigenvalue weighted by atomic mass is 9.94. The maximum atomic E-state index is 13.5. The van der Waals surface area contributed by atoms with Crippen molar-refractivity contribution in [3.8, 4) is 45.1 Å². The zero-order valence-corrected chi connectivity index (χ0v) is 21.3. The first kappa shape index (κ1) is 25.5. The van der Waals surface area contributed by atoms with Crippen LogP contribution in [0.5, 0.6) is 11.5 Å². The molecule has 4 N–H and O–H groups in total. The van der Waals surface area contributed by atoms with E-state index in [1.54, 1.807) is 11.0 Å². The second kappa shape index (κ2) is 11.1. The van der Waals surface area contributed by atoms with Crippen LogP contribution in [0.1, 0.15) is 42.2 Å². The van der Waals surface area contributed by atoms with E-state index in [0.29, 0.717) is 23.2 Å². The summed E-state index contributed by atoms with van der Waals surface area (Å²) in [5.41, 5.74) is 3.65. The van der Waals surface area contributed by atoms with Crippen LogP contribution in [-0.2, 0) is 6.54 Å². The fourth-order valence-corrected chi connectivity index (χ4v) is 5.07. The highest BCUT2D eigenvalue weighted by molar-refractivity contribution is 6.03. The number of piperidine rings is 1. The summed E-state index contributed by atoms with van der Waals surface area (Å²) in [6, 6.07) is 16.4. The third kappa shape index (κ3) is 5.26. The molecule has 5 rings (SSSR count). The predicted octanol–water partition coefficient (Wildman–Crippen LogP) is 4.54. The second-order valence-corrected chi connectivity index (χ2v) is 9.67. The van der Waals surface area contributed by atoms with Crippen LogP contribution in [-0.4, -0.2) is 40.9 Å². The van der Waals surface area contributed by atoms with E-state index in [9.17, 15) is 19.4 Å². The van der Waals surface area contributed by atoms with Gasteiger partial charge in [0.1, 0.15) is 23.9 Å². The third-order valence-electron chi connectivity index (χ3n) is 7.02. The largest absolute Gasteiger partial charge is 0.507 e. The van der Waals surface area contributed by atoms with Gasteiger partial charge in [0.2, 0.25) is 0 Å². The van der Waals surface area contributed by atoms with Gasteiger partial charge in [-0.25, -0.2) is 4.39 Å². The average molecular weight is 517 g/mol. The zero-order chi connectivity index (χ0) is 26.6. The van der Waals surface area contributed by atoms with Crippen molar-refractivity contribution in [2.24, 2.45) is 0 Å². The Morgan fingerprint density at radius 1 is 0.947 bits per heavy atom. The van der Waals surface area contributed by atoms with Gasteiger partial charge in [-0.05, 0) is 55.5 Å². The van der Waals surface area contributed by atoms with Gasteiger partial charge >= 0.3 is 0 Å². The van der Waals surface area contributed by atoms with E-state index in [0.717, 1.165) is 12.1 Å². The van der Waals surface area contributed by atoms with Gasteiger partial charge in [0.25, 0.3) is 5.91 Å². The van der Waals surface area contributed by atoms with Crippen molar-refractivity contribution in [3.63, 3.8) is 0 Å². The molecule has 1 amide bonds. The van der Waals surface area contributed by atoms with E-state index in [4.69, 9.17) is 4.52 Å². The van der Waals surface area contributed by atoms with Gasteiger partial charge in [0.15, 0.2) is 11.5 Å². The van der Waals surface area contributed by atoms with Gasteiger partial charge in [-0.15, -0.1) is 0 Å². The van der Waals surface area contributed by atoms with Crippen LogP contribution in [0.2, 0.25) is 0 Å². The maximum Gasteiger partial charge on any atom is 0.274 e. The predicted molar refractivity (Wildman–Crippen MR) is 142 cm³/mol. The normalized spacial score (nSPS) is 13.9. The molecule has 1 aliphatic heterocycles. The molecule has 1 fully saturated rings. The van der Waals surface area contributed by atoms with Crippen molar-refractivity contribution in [3.05, 3.63) is 77.7 Å². The van der Waals surface area contributed by atoms with Crippen LogP contribution in [0.3, 0.4) is 0 Å². The molecule has 0 saturated carbocycles. The lowest BCUT2D eigenvalue weighted by Gasteiger charge is -2.23. The van der Waals surface area contributed by atoms with E-state index in [1.165, 1.54) is 68.2 Å². The van der Waals surface area contributed by atoms with Gasteiger partial charge in [0.05, 0.1) is 24.2 Å². The molecule has 1 aromatic heterocycles. The summed E-state index contributed by atoms with van der Waals surface area (Å²) >= 11 is 0. The monoisotopic (exact) mass is 516 g/mol. The molecular weight excluding hydrogens is 485 g/mol. The first-order valence-electron chi connectivity index (χ1n) is 13.0. The molecular formula is C30H31FN3O4+. The maximum absolute atomic E-state index is 13.5. The van der Waals surface area contributed by atoms with E-state index in [2.05, 4.69) is 22.6 Å². The molecule has 3 aromatic carbocycles. The molecule has 196 valence electrons. The molecule has 0 bridgehead atoms.